The minimum Gasteiger partial charge on any atom is -0.468 e. The number of hydrogen-bond donors (Lipinski definition) is 1. The molecule has 0 saturated heterocycles. The molecule has 1 amide bonds. The fraction of sp³-hybridized carbons (Fsp3) is 0.312. The van der Waals surface area contributed by atoms with Crippen molar-refractivity contribution in [3.63, 3.8) is 0 Å². The van der Waals surface area contributed by atoms with Crippen LogP contribution in [0.4, 0.5) is 0 Å². The molecule has 1 aromatic carbocycles. The van der Waals surface area contributed by atoms with Gasteiger partial charge in [0.15, 0.2) is 0 Å². The Morgan fingerprint density at radius 2 is 2.00 bits per heavy atom. The van der Waals surface area contributed by atoms with Crippen LogP contribution in [0.2, 0.25) is 0 Å². The summed E-state index contributed by atoms with van der Waals surface area (Å²) in [7, 11) is 0. The van der Waals surface area contributed by atoms with E-state index in [1.807, 2.05) is 42.5 Å². The topological polar surface area (TPSA) is 42.2 Å². The molecule has 2 rings (SSSR count). The fourth-order valence-corrected chi connectivity index (χ4v) is 2.58. The summed E-state index contributed by atoms with van der Waals surface area (Å²) >= 11 is 1.76. The number of thioether (sulfide) groups is 1. The van der Waals surface area contributed by atoms with Crippen molar-refractivity contribution in [3.05, 3.63) is 60.1 Å². The van der Waals surface area contributed by atoms with E-state index in [1.165, 1.54) is 5.56 Å². The normalized spacial score (nSPS) is 10.4. The van der Waals surface area contributed by atoms with Crippen molar-refractivity contribution in [2.45, 2.75) is 18.6 Å². The Morgan fingerprint density at radius 1 is 1.15 bits per heavy atom. The van der Waals surface area contributed by atoms with Crippen LogP contribution in [0.5, 0.6) is 0 Å². The van der Waals surface area contributed by atoms with Crippen LogP contribution in [0.25, 0.3) is 0 Å². The predicted octanol–water partition coefficient (Wildman–Crippen LogP) is 3.26. The smallest absolute Gasteiger partial charge is 0.220 e. The molecule has 0 spiro atoms. The summed E-state index contributed by atoms with van der Waals surface area (Å²) in [6.07, 6.45) is 3.03. The SMILES string of the molecule is O=C(CCc1ccccc1)NCCSCc1ccco1. The van der Waals surface area contributed by atoms with Crippen LogP contribution in [0.15, 0.2) is 53.1 Å². The Kier molecular flexibility index (Phi) is 6.24. The quantitative estimate of drug-likeness (QED) is 0.758. The van der Waals surface area contributed by atoms with Gasteiger partial charge in [-0.3, -0.25) is 4.79 Å². The molecule has 0 saturated carbocycles. The number of nitrogens with one attached hydrogen (secondary N) is 1. The molecule has 0 radical (unpaired) electrons. The van der Waals surface area contributed by atoms with Gasteiger partial charge in [-0.1, -0.05) is 30.3 Å². The summed E-state index contributed by atoms with van der Waals surface area (Å²) in [5, 5.41) is 2.94. The van der Waals surface area contributed by atoms with Gasteiger partial charge < -0.3 is 9.73 Å². The highest BCUT2D eigenvalue weighted by Crippen LogP contribution is 2.11. The lowest BCUT2D eigenvalue weighted by atomic mass is 10.1. The van der Waals surface area contributed by atoms with E-state index in [0.29, 0.717) is 13.0 Å². The van der Waals surface area contributed by atoms with Gasteiger partial charge in [0, 0.05) is 18.7 Å². The minimum atomic E-state index is 0.118. The largest absolute Gasteiger partial charge is 0.468 e. The second-order valence-corrected chi connectivity index (χ2v) is 5.57. The zero-order valence-corrected chi connectivity index (χ0v) is 12.2. The average molecular weight is 289 g/mol. The van der Waals surface area contributed by atoms with E-state index in [1.54, 1.807) is 18.0 Å². The molecule has 0 bridgehead atoms. The van der Waals surface area contributed by atoms with Crippen molar-refractivity contribution in [1.29, 1.82) is 0 Å². The number of benzene rings is 1. The third-order valence-corrected chi connectivity index (χ3v) is 3.86. The van der Waals surface area contributed by atoms with E-state index < -0.39 is 0 Å². The van der Waals surface area contributed by atoms with Gasteiger partial charge in [0.05, 0.1) is 12.0 Å². The highest BCUT2D eigenvalue weighted by molar-refractivity contribution is 7.98. The number of carbonyl (C=O) groups excluding carboxylic acids is 1. The lowest BCUT2D eigenvalue weighted by molar-refractivity contribution is -0.120. The van der Waals surface area contributed by atoms with Crippen molar-refractivity contribution in [1.82, 2.24) is 5.32 Å². The number of amides is 1. The van der Waals surface area contributed by atoms with Crippen molar-refractivity contribution < 1.29 is 9.21 Å². The van der Waals surface area contributed by atoms with Gasteiger partial charge in [-0.05, 0) is 24.1 Å². The molecular formula is C16H19NO2S. The fourth-order valence-electron chi connectivity index (χ4n) is 1.82. The van der Waals surface area contributed by atoms with Gasteiger partial charge in [0.1, 0.15) is 5.76 Å². The Morgan fingerprint density at radius 3 is 2.75 bits per heavy atom. The molecule has 4 heteroatoms. The van der Waals surface area contributed by atoms with Gasteiger partial charge >= 0.3 is 0 Å². The molecule has 0 aliphatic rings. The predicted molar refractivity (Wildman–Crippen MR) is 82.6 cm³/mol. The number of furan rings is 1. The van der Waals surface area contributed by atoms with Gasteiger partial charge in [0.2, 0.25) is 5.91 Å². The van der Waals surface area contributed by atoms with Crippen LogP contribution in [0.3, 0.4) is 0 Å². The van der Waals surface area contributed by atoms with Gasteiger partial charge in [-0.15, -0.1) is 0 Å². The maximum atomic E-state index is 11.7. The first-order chi connectivity index (χ1) is 9.84. The number of rotatable bonds is 8. The molecule has 3 nitrogen and oxygen atoms in total. The molecule has 106 valence electrons. The number of aryl methyl sites for hydroxylation is 1. The molecule has 0 aliphatic carbocycles. The van der Waals surface area contributed by atoms with Crippen LogP contribution in [0, 0.1) is 0 Å². The van der Waals surface area contributed by atoms with Crippen molar-refractivity contribution >= 4 is 17.7 Å². The summed E-state index contributed by atoms with van der Waals surface area (Å²) in [5.74, 6) is 2.85. The summed E-state index contributed by atoms with van der Waals surface area (Å²) in [6, 6.07) is 13.9. The molecule has 2 aromatic rings. The van der Waals surface area contributed by atoms with Crippen molar-refractivity contribution in [3.8, 4) is 0 Å². The second-order valence-electron chi connectivity index (χ2n) is 4.47. The van der Waals surface area contributed by atoms with Gasteiger partial charge in [-0.2, -0.15) is 11.8 Å². The molecule has 0 aliphatic heterocycles. The first-order valence-corrected chi connectivity index (χ1v) is 7.91. The van der Waals surface area contributed by atoms with Crippen molar-refractivity contribution in [2.24, 2.45) is 0 Å². The molecule has 1 N–H and O–H groups in total. The Bertz CT molecular complexity index is 496. The molecule has 0 atom stereocenters. The highest BCUT2D eigenvalue weighted by atomic mass is 32.2. The van der Waals surface area contributed by atoms with Gasteiger partial charge in [0.25, 0.3) is 0 Å². The highest BCUT2D eigenvalue weighted by Gasteiger charge is 2.02. The van der Waals surface area contributed by atoms with E-state index in [0.717, 1.165) is 23.7 Å². The molecular weight excluding hydrogens is 270 g/mol. The number of hydrogen-bond acceptors (Lipinski definition) is 3. The van der Waals surface area contributed by atoms with Crippen LogP contribution in [0.1, 0.15) is 17.7 Å². The standard InChI is InChI=1S/C16H19NO2S/c18-16(9-8-14-5-2-1-3-6-14)17-10-12-20-13-15-7-4-11-19-15/h1-7,11H,8-10,12-13H2,(H,17,18). The maximum Gasteiger partial charge on any atom is 0.220 e. The average Bonchev–Trinajstić information content (AvgIpc) is 2.99. The zero-order valence-electron chi connectivity index (χ0n) is 11.4. The van der Waals surface area contributed by atoms with E-state index >= 15 is 0 Å². The third kappa shape index (κ3) is 5.53. The number of carbonyl (C=O) groups is 1. The molecule has 0 unspecified atom stereocenters. The Hall–Kier alpha value is -1.68. The summed E-state index contributed by atoms with van der Waals surface area (Å²) in [4.78, 5) is 11.7. The summed E-state index contributed by atoms with van der Waals surface area (Å²) in [6.45, 7) is 0.707. The lowest BCUT2D eigenvalue weighted by Crippen LogP contribution is -2.25. The van der Waals surface area contributed by atoms with E-state index in [9.17, 15) is 4.79 Å². The van der Waals surface area contributed by atoms with Crippen LogP contribution in [-0.4, -0.2) is 18.2 Å². The third-order valence-electron chi connectivity index (χ3n) is 2.88. The summed E-state index contributed by atoms with van der Waals surface area (Å²) < 4.78 is 5.24. The van der Waals surface area contributed by atoms with Gasteiger partial charge in [-0.25, -0.2) is 0 Å². The second kappa shape index (κ2) is 8.48. The zero-order chi connectivity index (χ0) is 14.0. The summed E-state index contributed by atoms with van der Waals surface area (Å²) in [5.41, 5.74) is 1.20. The van der Waals surface area contributed by atoms with E-state index in [4.69, 9.17) is 4.42 Å². The van der Waals surface area contributed by atoms with Crippen LogP contribution < -0.4 is 5.32 Å². The molecule has 20 heavy (non-hydrogen) atoms. The first kappa shape index (κ1) is 14.7. The van der Waals surface area contributed by atoms with E-state index in [-0.39, 0.29) is 5.91 Å². The molecule has 1 heterocycles. The minimum absolute atomic E-state index is 0.118. The van der Waals surface area contributed by atoms with Crippen LogP contribution in [-0.2, 0) is 17.0 Å². The molecule has 0 fully saturated rings. The Balaban J connectivity index is 1.52. The maximum absolute atomic E-state index is 11.7. The lowest BCUT2D eigenvalue weighted by Gasteiger charge is -2.05. The first-order valence-electron chi connectivity index (χ1n) is 6.75. The molecule has 1 aromatic heterocycles. The van der Waals surface area contributed by atoms with Crippen molar-refractivity contribution in [2.75, 3.05) is 12.3 Å². The Labute approximate surface area is 123 Å². The monoisotopic (exact) mass is 289 g/mol. The van der Waals surface area contributed by atoms with Crippen LogP contribution >= 0.6 is 11.8 Å². The van der Waals surface area contributed by atoms with E-state index in [2.05, 4.69) is 5.32 Å².